The number of ether oxygens (including phenoxy) is 1. The molecule has 0 bridgehead atoms. The standard InChI is InChI=1S/C15H16N4O/c1-20-13-3-4-14-12(10-13)2-5-15(18-14)17-7-9-19-8-6-16-11-19/h2-6,8,10-11H,7,9H2,1H3,(H,17,18). The molecule has 0 unspecified atom stereocenters. The van der Waals surface area contributed by atoms with Crippen molar-refractivity contribution in [2.24, 2.45) is 0 Å². The highest BCUT2D eigenvalue weighted by molar-refractivity contribution is 5.81. The molecule has 0 atom stereocenters. The molecule has 5 nitrogen and oxygen atoms in total. The molecule has 0 aliphatic heterocycles. The summed E-state index contributed by atoms with van der Waals surface area (Å²) < 4.78 is 7.23. The second-order valence-electron chi connectivity index (χ2n) is 4.48. The highest BCUT2D eigenvalue weighted by Gasteiger charge is 2.00. The minimum absolute atomic E-state index is 0.811. The average molecular weight is 268 g/mol. The van der Waals surface area contributed by atoms with Gasteiger partial charge in [0.15, 0.2) is 0 Å². The first kappa shape index (κ1) is 12.5. The summed E-state index contributed by atoms with van der Waals surface area (Å²) in [4.78, 5) is 8.59. The average Bonchev–Trinajstić information content (AvgIpc) is 3.00. The van der Waals surface area contributed by atoms with Crippen LogP contribution in [-0.4, -0.2) is 28.2 Å². The van der Waals surface area contributed by atoms with Crippen LogP contribution in [0.2, 0.25) is 0 Å². The van der Waals surface area contributed by atoms with E-state index in [1.54, 1.807) is 13.3 Å². The molecule has 20 heavy (non-hydrogen) atoms. The van der Waals surface area contributed by atoms with Gasteiger partial charge in [-0.25, -0.2) is 9.97 Å². The first-order valence-electron chi connectivity index (χ1n) is 6.49. The maximum absolute atomic E-state index is 5.21. The normalized spacial score (nSPS) is 10.7. The topological polar surface area (TPSA) is 52.0 Å². The first-order valence-corrected chi connectivity index (χ1v) is 6.49. The molecular weight excluding hydrogens is 252 g/mol. The van der Waals surface area contributed by atoms with E-state index in [1.165, 1.54) is 0 Å². The Bertz CT molecular complexity index is 694. The number of fused-ring (bicyclic) bond motifs is 1. The summed E-state index contributed by atoms with van der Waals surface area (Å²) >= 11 is 0. The van der Waals surface area contributed by atoms with Crippen molar-refractivity contribution >= 4 is 16.7 Å². The van der Waals surface area contributed by atoms with Crippen molar-refractivity contribution < 1.29 is 4.74 Å². The lowest BCUT2D eigenvalue weighted by Gasteiger charge is -2.08. The van der Waals surface area contributed by atoms with Crippen molar-refractivity contribution in [2.75, 3.05) is 19.0 Å². The quantitative estimate of drug-likeness (QED) is 0.772. The van der Waals surface area contributed by atoms with Crippen LogP contribution in [0.1, 0.15) is 0 Å². The van der Waals surface area contributed by atoms with Gasteiger partial charge in [-0.2, -0.15) is 0 Å². The molecule has 2 heterocycles. The number of nitrogens with one attached hydrogen (secondary N) is 1. The molecule has 0 radical (unpaired) electrons. The maximum Gasteiger partial charge on any atom is 0.126 e. The van der Waals surface area contributed by atoms with Gasteiger partial charge < -0.3 is 14.6 Å². The zero-order chi connectivity index (χ0) is 13.8. The van der Waals surface area contributed by atoms with Crippen LogP contribution in [0.4, 0.5) is 5.82 Å². The molecule has 0 spiro atoms. The lowest BCUT2D eigenvalue weighted by atomic mass is 10.2. The Morgan fingerprint density at radius 2 is 2.20 bits per heavy atom. The fourth-order valence-corrected chi connectivity index (χ4v) is 2.06. The second kappa shape index (κ2) is 5.61. The maximum atomic E-state index is 5.21. The largest absolute Gasteiger partial charge is 0.497 e. The number of hydrogen-bond acceptors (Lipinski definition) is 4. The molecule has 0 saturated heterocycles. The van der Waals surface area contributed by atoms with E-state index < -0.39 is 0 Å². The molecule has 2 aromatic heterocycles. The highest BCUT2D eigenvalue weighted by atomic mass is 16.5. The molecule has 3 aromatic rings. The predicted molar refractivity (Wildman–Crippen MR) is 79.0 cm³/mol. The van der Waals surface area contributed by atoms with Crippen molar-refractivity contribution in [1.82, 2.24) is 14.5 Å². The lowest BCUT2D eigenvalue weighted by molar-refractivity contribution is 0.415. The van der Waals surface area contributed by atoms with Gasteiger partial charge in [-0.15, -0.1) is 0 Å². The van der Waals surface area contributed by atoms with E-state index in [0.717, 1.165) is 35.6 Å². The molecule has 0 aliphatic carbocycles. The zero-order valence-electron chi connectivity index (χ0n) is 11.3. The summed E-state index contributed by atoms with van der Waals surface area (Å²) in [6, 6.07) is 9.90. The van der Waals surface area contributed by atoms with Crippen molar-refractivity contribution in [2.45, 2.75) is 6.54 Å². The van der Waals surface area contributed by atoms with Crippen LogP contribution in [0.25, 0.3) is 10.9 Å². The first-order chi connectivity index (χ1) is 9.85. The fourth-order valence-electron chi connectivity index (χ4n) is 2.06. The van der Waals surface area contributed by atoms with Gasteiger partial charge in [-0.05, 0) is 30.3 Å². The van der Waals surface area contributed by atoms with Gasteiger partial charge in [0.05, 0.1) is 19.0 Å². The van der Waals surface area contributed by atoms with Crippen molar-refractivity contribution in [3.63, 3.8) is 0 Å². The SMILES string of the molecule is COc1ccc2nc(NCCn3ccnc3)ccc2c1. The Hall–Kier alpha value is -2.56. The second-order valence-corrected chi connectivity index (χ2v) is 4.48. The number of nitrogens with zero attached hydrogens (tertiary/aromatic N) is 3. The molecular formula is C15H16N4O. The number of hydrogen-bond donors (Lipinski definition) is 1. The molecule has 3 rings (SSSR count). The van der Waals surface area contributed by atoms with E-state index in [0.29, 0.717) is 0 Å². The summed E-state index contributed by atoms with van der Waals surface area (Å²) in [6.07, 6.45) is 5.53. The van der Waals surface area contributed by atoms with Gasteiger partial charge in [0.2, 0.25) is 0 Å². The lowest BCUT2D eigenvalue weighted by Crippen LogP contribution is -2.10. The van der Waals surface area contributed by atoms with Crippen LogP contribution in [0.15, 0.2) is 49.1 Å². The minimum atomic E-state index is 0.811. The van der Waals surface area contributed by atoms with E-state index in [1.807, 2.05) is 47.4 Å². The Morgan fingerprint density at radius 3 is 3.00 bits per heavy atom. The van der Waals surface area contributed by atoms with Crippen LogP contribution >= 0.6 is 0 Å². The third-order valence-corrected chi connectivity index (χ3v) is 3.13. The monoisotopic (exact) mass is 268 g/mol. The number of imidazole rings is 1. The number of pyridine rings is 1. The molecule has 102 valence electrons. The van der Waals surface area contributed by atoms with Crippen LogP contribution < -0.4 is 10.1 Å². The van der Waals surface area contributed by atoms with Crippen LogP contribution in [0, 0.1) is 0 Å². The molecule has 1 aromatic carbocycles. The summed E-state index contributed by atoms with van der Waals surface area (Å²) in [7, 11) is 1.67. The van der Waals surface area contributed by atoms with E-state index in [9.17, 15) is 0 Å². The van der Waals surface area contributed by atoms with Gasteiger partial charge in [0.1, 0.15) is 11.6 Å². The fraction of sp³-hybridized carbons (Fsp3) is 0.200. The molecule has 5 heteroatoms. The molecule has 0 aliphatic rings. The van der Waals surface area contributed by atoms with Crippen LogP contribution in [0.3, 0.4) is 0 Å². The summed E-state index contributed by atoms with van der Waals surface area (Å²) in [5.74, 6) is 1.72. The smallest absolute Gasteiger partial charge is 0.126 e. The number of methoxy groups -OCH3 is 1. The third kappa shape index (κ3) is 2.71. The number of rotatable bonds is 5. The molecule has 0 fully saturated rings. The van der Waals surface area contributed by atoms with Crippen LogP contribution in [0.5, 0.6) is 5.75 Å². The van der Waals surface area contributed by atoms with Crippen molar-refractivity contribution in [3.8, 4) is 5.75 Å². The van der Waals surface area contributed by atoms with E-state index in [-0.39, 0.29) is 0 Å². The number of aromatic nitrogens is 3. The summed E-state index contributed by atoms with van der Waals surface area (Å²) in [6.45, 7) is 1.67. The summed E-state index contributed by atoms with van der Waals surface area (Å²) in [5, 5.41) is 4.39. The van der Waals surface area contributed by atoms with Gasteiger partial charge >= 0.3 is 0 Å². The number of anilines is 1. The predicted octanol–water partition coefficient (Wildman–Crippen LogP) is 2.55. The third-order valence-electron chi connectivity index (χ3n) is 3.13. The van der Waals surface area contributed by atoms with Gasteiger partial charge in [-0.1, -0.05) is 0 Å². The van der Waals surface area contributed by atoms with E-state index in [4.69, 9.17) is 4.74 Å². The molecule has 0 amide bonds. The van der Waals surface area contributed by atoms with Gasteiger partial charge in [0.25, 0.3) is 0 Å². The van der Waals surface area contributed by atoms with E-state index >= 15 is 0 Å². The Morgan fingerprint density at radius 1 is 1.25 bits per heavy atom. The highest BCUT2D eigenvalue weighted by Crippen LogP contribution is 2.20. The minimum Gasteiger partial charge on any atom is -0.497 e. The van der Waals surface area contributed by atoms with Gasteiger partial charge in [-0.3, -0.25) is 0 Å². The Labute approximate surface area is 117 Å². The van der Waals surface area contributed by atoms with Gasteiger partial charge in [0, 0.05) is 30.9 Å². The van der Waals surface area contributed by atoms with Crippen molar-refractivity contribution in [3.05, 3.63) is 49.1 Å². The molecule has 1 N–H and O–H groups in total. The Balaban J connectivity index is 1.69. The van der Waals surface area contributed by atoms with Crippen LogP contribution in [-0.2, 0) is 6.54 Å². The zero-order valence-corrected chi connectivity index (χ0v) is 11.3. The summed E-state index contributed by atoms with van der Waals surface area (Å²) in [5.41, 5.74) is 0.957. The molecule has 0 saturated carbocycles. The Kier molecular flexibility index (Phi) is 3.50. The van der Waals surface area contributed by atoms with E-state index in [2.05, 4.69) is 15.3 Å². The number of benzene rings is 1. The van der Waals surface area contributed by atoms with Crippen molar-refractivity contribution in [1.29, 1.82) is 0 Å².